The Morgan fingerprint density at radius 3 is 2.73 bits per heavy atom. The summed E-state index contributed by atoms with van der Waals surface area (Å²) < 4.78 is 5.37. The zero-order valence-corrected chi connectivity index (χ0v) is 13.3. The van der Waals surface area contributed by atoms with Crippen molar-refractivity contribution in [3.63, 3.8) is 0 Å². The van der Waals surface area contributed by atoms with E-state index in [1.54, 1.807) is 0 Å². The third kappa shape index (κ3) is 3.89. The first kappa shape index (κ1) is 15.1. The number of likely N-dealkylation sites (tertiary alicyclic amines) is 1. The highest BCUT2D eigenvalue weighted by Gasteiger charge is 2.16. The number of hydrogen-bond donors (Lipinski definition) is 1. The Kier molecular flexibility index (Phi) is 5.11. The van der Waals surface area contributed by atoms with Crippen LogP contribution in [0.25, 0.3) is 11.3 Å². The molecule has 0 radical (unpaired) electrons. The first-order valence-corrected chi connectivity index (χ1v) is 8.33. The van der Waals surface area contributed by atoms with E-state index < -0.39 is 0 Å². The minimum absolute atomic E-state index is 0.629. The van der Waals surface area contributed by atoms with Gasteiger partial charge in [0.15, 0.2) is 0 Å². The predicted molar refractivity (Wildman–Crippen MR) is 89.9 cm³/mol. The summed E-state index contributed by atoms with van der Waals surface area (Å²) in [5.41, 5.74) is 1.97. The van der Waals surface area contributed by atoms with Crippen LogP contribution in [-0.4, -0.2) is 35.7 Å². The topological polar surface area (TPSA) is 41.3 Å². The Balaban J connectivity index is 1.47. The van der Waals surface area contributed by atoms with E-state index in [9.17, 15) is 0 Å². The van der Waals surface area contributed by atoms with Crippen LogP contribution in [-0.2, 0) is 0 Å². The maximum absolute atomic E-state index is 5.37. The molecule has 1 aliphatic rings. The molecule has 2 aromatic rings. The number of nitrogens with one attached hydrogen (secondary N) is 1. The fraction of sp³-hybridized carbons (Fsp3) is 0.500. The molecule has 1 aromatic carbocycles. The SMILES string of the molecule is CC(CCNc1cc(-c2ccccc2)no1)N1CCCCC1. The van der Waals surface area contributed by atoms with Crippen LogP contribution < -0.4 is 5.32 Å². The molecule has 22 heavy (non-hydrogen) atoms. The molecule has 1 fully saturated rings. The fourth-order valence-corrected chi connectivity index (χ4v) is 3.05. The molecule has 0 aliphatic carbocycles. The number of piperidine rings is 1. The highest BCUT2D eigenvalue weighted by atomic mass is 16.5. The second kappa shape index (κ2) is 7.45. The van der Waals surface area contributed by atoms with E-state index in [1.807, 2.05) is 36.4 Å². The standard InChI is InChI=1S/C18H25N3O/c1-15(21-12-6-3-7-13-21)10-11-19-18-14-17(20-22-18)16-8-4-2-5-9-16/h2,4-5,8-9,14-15,19H,3,6-7,10-13H2,1H3. The summed E-state index contributed by atoms with van der Waals surface area (Å²) in [5, 5.41) is 7.48. The average molecular weight is 299 g/mol. The van der Waals surface area contributed by atoms with Crippen molar-refractivity contribution in [3.05, 3.63) is 36.4 Å². The van der Waals surface area contributed by atoms with Gasteiger partial charge >= 0.3 is 0 Å². The van der Waals surface area contributed by atoms with Crippen LogP contribution in [0.2, 0.25) is 0 Å². The van der Waals surface area contributed by atoms with Gasteiger partial charge in [-0.25, -0.2) is 0 Å². The molecule has 1 aromatic heterocycles. The Hall–Kier alpha value is -1.81. The van der Waals surface area contributed by atoms with Crippen LogP contribution in [0.3, 0.4) is 0 Å². The quantitative estimate of drug-likeness (QED) is 0.874. The molecule has 1 saturated heterocycles. The lowest BCUT2D eigenvalue weighted by Gasteiger charge is -2.32. The summed E-state index contributed by atoms with van der Waals surface area (Å²) >= 11 is 0. The molecule has 3 rings (SSSR count). The van der Waals surface area contributed by atoms with Gasteiger partial charge in [-0.1, -0.05) is 41.9 Å². The van der Waals surface area contributed by atoms with Crippen LogP contribution in [0.15, 0.2) is 40.9 Å². The van der Waals surface area contributed by atoms with Crippen molar-refractivity contribution in [3.8, 4) is 11.3 Å². The molecule has 1 unspecified atom stereocenters. The third-order valence-electron chi connectivity index (χ3n) is 4.46. The molecule has 1 N–H and O–H groups in total. The number of rotatable bonds is 6. The Labute approximate surface area is 132 Å². The zero-order valence-electron chi connectivity index (χ0n) is 13.3. The van der Waals surface area contributed by atoms with Crippen molar-refractivity contribution in [2.24, 2.45) is 0 Å². The molecule has 0 saturated carbocycles. The lowest BCUT2D eigenvalue weighted by Crippen LogP contribution is -2.38. The van der Waals surface area contributed by atoms with Gasteiger partial charge in [-0.15, -0.1) is 0 Å². The van der Waals surface area contributed by atoms with Gasteiger partial charge in [-0.05, 0) is 39.3 Å². The molecule has 0 amide bonds. The highest BCUT2D eigenvalue weighted by Crippen LogP contribution is 2.21. The molecule has 0 spiro atoms. The summed E-state index contributed by atoms with van der Waals surface area (Å²) in [7, 11) is 0. The summed E-state index contributed by atoms with van der Waals surface area (Å²) in [6.45, 7) is 5.74. The molecule has 1 atom stereocenters. The van der Waals surface area contributed by atoms with E-state index >= 15 is 0 Å². The monoisotopic (exact) mass is 299 g/mol. The minimum Gasteiger partial charge on any atom is -0.354 e. The van der Waals surface area contributed by atoms with Crippen molar-refractivity contribution in [1.29, 1.82) is 0 Å². The molecule has 2 heterocycles. The first-order valence-electron chi connectivity index (χ1n) is 8.33. The van der Waals surface area contributed by atoms with Crippen molar-refractivity contribution in [2.75, 3.05) is 25.0 Å². The third-order valence-corrected chi connectivity index (χ3v) is 4.46. The van der Waals surface area contributed by atoms with Gasteiger partial charge in [0.1, 0.15) is 5.69 Å². The van der Waals surface area contributed by atoms with E-state index in [0.717, 1.165) is 30.1 Å². The second-order valence-corrected chi connectivity index (χ2v) is 6.10. The summed E-state index contributed by atoms with van der Waals surface area (Å²) in [4.78, 5) is 2.60. The van der Waals surface area contributed by atoms with E-state index in [0.29, 0.717) is 6.04 Å². The second-order valence-electron chi connectivity index (χ2n) is 6.10. The predicted octanol–water partition coefficient (Wildman–Crippen LogP) is 4.02. The maximum atomic E-state index is 5.37. The number of hydrogen-bond acceptors (Lipinski definition) is 4. The average Bonchev–Trinajstić information content (AvgIpc) is 3.05. The number of aromatic nitrogens is 1. The largest absolute Gasteiger partial charge is 0.354 e. The van der Waals surface area contributed by atoms with Crippen LogP contribution in [0.4, 0.5) is 5.88 Å². The minimum atomic E-state index is 0.629. The Morgan fingerprint density at radius 2 is 1.95 bits per heavy atom. The maximum Gasteiger partial charge on any atom is 0.225 e. The fourth-order valence-electron chi connectivity index (χ4n) is 3.05. The lowest BCUT2D eigenvalue weighted by molar-refractivity contribution is 0.169. The van der Waals surface area contributed by atoms with Crippen LogP contribution in [0, 0.1) is 0 Å². The summed E-state index contributed by atoms with van der Waals surface area (Å²) in [5.74, 6) is 0.754. The van der Waals surface area contributed by atoms with E-state index in [1.165, 1.54) is 32.4 Å². The molecular formula is C18H25N3O. The van der Waals surface area contributed by atoms with Crippen molar-refractivity contribution < 1.29 is 4.52 Å². The Bertz CT molecular complexity index is 561. The van der Waals surface area contributed by atoms with Crippen molar-refractivity contribution in [1.82, 2.24) is 10.1 Å². The van der Waals surface area contributed by atoms with Crippen LogP contribution in [0.1, 0.15) is 32.6 Å². The molecule has 4 heteroatoms. The van der Waals surface area contributed by atoms with Gasteiger partial charge in [0.2, 0.25) is 5.88 Å². The van der Waals surface area contributed by atoms with Gasteiger partial charge < -0.3 is 14.7 Å². The number of benzene rings is 1. The number of anilines is 1. The first-order chi connectivity index (χ1) is 10.8. The lowest BCUT2D eigenvalue weighted by atomic mass is 10.1. The molecule has 0 bridgehead atoms. The molecular weight excluding hydrogens is 274 g/mol. The van der Waals surface area contributed by atoms with E-state index in [2.05, 4.69) is 22.3 Å². The molecule has 118 valence electrons. The normalized spacial score (nSPS) is 17.3. The highest BCUT2D eigenvalue weighted by molar-refractivity contribution is 5.61. The van der Waals surface area contributed by atoms with Crippen LogP contribution >= 0.6 is 0 Å². The van der Waals surface area contributed by atoms with Gasteiger partial charge in [-0.2, -0.15) is 0 Å². The van der Waals surface area contributed by atoms with Gasteiger partial charge in [0.25, 0.3) is 0 Å². The van der Waals surface area contributed by atoms with E-state index in [-0.39, 0.29) is 0 Å². The molecule has 4 nitrogen and oxygen atoms in total. The van der Waals surface area contributed by atoms with E-state index in [4.69, 9.17) is 4.52 Å². The summed E-state index contributed by atoms with van der Waals surface area (Å²) in [6, 6.07) is 12.7. The summed E-state index contributed by atoms with van der Waals surface area (Å²) in [6.07, 6.45) is 5.21. The van der Waals surface area contributed by atoms with Gasteiger partial charge in [0, 0.05) is 24.2 Å². The van der Waals surface area contributed by atoms with Gasteiger partial charge in [0.05, 0.1) is 0 Å². The number of nitrogens with zero attached hydrogens (tertiary/aromatic N) is 2. The molecule has 1 aliphatic heterocycles. The Morgan fingerprint density at radius 1 is 1.18 bits per heavy atom. The van der Waals surface area contributed by atoms with Crippen molar-refractivity contribution >= 4 is 5.88 Å². The van der Waals surface area contributed by atoms with Gasteiger partial charge in [-0.3, -0.25) is 0 Å². The van der Waals surface area contributed by atoms with Crippen LogP contribution in [0.5, 0.6) is 0 Å². The zero-order chi connectivity index (χ0) is 15.2. The van der Waals surface area contributed by atoms with Crippen molar-refractivity contribution in [2.45, 2.75) is 38.6 Å². The smallest absolute Gasteiger partial charge is 0.225 e.